The van der Waals surface area contributed by atoms with Crippen molar-refractivity contribution in [3.63, 3.8) is 0 Å². The standard InChI is InChI=1S/C58H35NO3/c1-2-11-39-35-57-51(32-38(39)10-1)50-34-41(25-31-56(50)61-57)44-12-3-6-17-52(44)59(42-26-20-36(21-27-42)40-24-30-55-49(33-40)47-14-5-7-18-53(47)60-55)43-28-22-37(23-29-43)45-15-9-16-48-46-13-4-8-19-54(46)62-58(45)48/h1-35H. The van der Waals surface area contributed by atoms with E-state index in [2.05, 4.69) is 193 Å². The third-order valence-corrected chi connectivity index (χ3v) is 12.5. The lowest BCUT2D eigenvalue weighted by Crippen LogP contribution is -2.11. The van der Waals surface area contributed by atoms with Gasteiger partial charge in [-0.15, -0.1) is 0 Å². The fourth-order valence-electron chi connectivity index (χ4n) is 9.44. The number of nitrogens with zero attached hydrogens (tertiary/aromatic N) is 1. The molecule has 0 aliphatic carbocycles. The molecule has 0 aliphatic rings. The molecule has 4 heteroatoms. The molecule has 0 radical (unpaired) electrons. The second-order valence-corrected chi connectivity index (χ2v) is 16.0. The van der Waals surface area contributed by atoms with Crippen molar-refractivity contribution in [3.05, 3.63) is 212 Å². The monoisotopic (exact) mass is 793 g/mol. The lowest BCUT2D eigenvalue weighted by Gasteiger charge is -2.28. The van der Waals surface area contributed by atoms with Crippen LogP contribution in [0.5, 0.6) is 0 Å². The molecule has 290 valence electrons. The normalized spacial score (nSPS) is 11.9. The minimum absolute atomic E-state index is 0.876. The summed E-state index contributed by atoms with van der Waals surface area (Å²) in [5.74, 6) is 0. The van der Waals surface area contributed by atoms with Crippen molar-refractivity contribution in [1.82, 2.24) is 0 Å². The Morgan fingerprint density at radius 1 is 0.274 bits per heavy atom. The van der Waals surface area contributed by atoms with E-state index in [9.17, 15) is 0 Å². The molecule has 0 N–H and O–H groups in total. The number of furan rings is 3. The zero-order valence-corrected chi connectivity index (χ0v) is 33.4. The van der Waals surface area contributed by atoms with Crippen LogP contribution in [0.2, 0.25) is 0 Å². The Morgan fingerprint density at radius 3 is 1.55 bits per heavy atom. The van der Waals surface area contributed by atoms with Gasteiger partial charge in [-0.2, -0.15) is 0 Å². The van der Waals surface area contributed by atoms with Gasteiger partial charge in [-0.25, -0.2) is 0 Å². The van der Waals surface area contributed by atoms with Crippen LogP contribution in [0.15, 0.2) is 226 Å². The molecule has 0 aliphatic heterocycles. The van der Waals surface area contributed by atoms with Crippen molar-refractivity contribution < 1.29 is 13.3 Å². The third kappa shape index (κ3) is 5.47. The molecule has 0 unspecified atom stereocenters. The molecule has 3 heterocycles. The van der Waals surface area contributed by atoms with Gasteiger partial charge in [-0.1, -0.05) is 133 Å². The van der Waals surface area contributed by atoms with Crippen molar-refractivity contribution in [2.24, 2.45) is 0 Å². The average Bonchev–Trinajstić information content (AvgIpc) is 4.02. The molecule has 0 atom stereocenters. The zero-order valence-electron chi connectivity index (χ0n) is 33.4. The maximum absolute atomic E-state index is 6.46. The first-order valence-electron chi connectivity index (χ1n) is 21.0. The molecular weight excluding hydrogens is 759 g/mol. The first-order valence-corrected chi connectivity index (χ1v) is 21.0. The fourth-order valence-corrected chi connectivity index (χ4v) is 9.44. The van der Waals surface area contributed by atoms with Crippen molar-refractivity contribution in [3.8, 4) is 33.4 Å². The Morgan fingerprint density at radius 2 is 0.774 bits per heavy atom. The highest BCUT2D eigenvalue weighted by Gasteiger charge is 2.20. The maximum atomic E-state index is 6.46. The molecule has 0 saturated carbocycles. The van der Waals surface area contributed by atoms with Crippen molar-refractivity contribution in [2.75, 3.05) is 4.90 Å². The molecule has 0 fully saturated rings. The van der Waals surface area contributed by atoms with Crippen molar-refractivity contribution in [2.45, 2.75) is 0 Å². The highest BCUT2D eigenvalue weighted by atomic mass is 16.3. The van der Waals surface area contributed by atoms with Crippen LogP contribution in [0.1, 0.15) is 0 Å². The predicted octanol–water partition coefficient (Wildman–Crippen LogP) is 17.0. The van der Waals surface area contributed by atoms with Gasteiger partial charge in [0, 0.05) is 54.8 Å². The molecule has 0 bridgehead atoms. The third-order valence-electron chi connectivity index (χ3n) is 12.5. The quantitative estimate of drug-likeness (QED) is 0.168. The summed E-state index contributed by atoms with van der Waals surface area (Å²) in [6.07, 6.45) is 0. The average molecular weight is 794 g/mol. The van der Waals surface area contributed by atoms with Crippen molar-refractivity contribution >= 4 is 93.7 Å². The van der Waals surface area contributed by atoms with E-state index in [0.29, 0.717) is 0 Å². The zero-order chi connectivity index (χ0) is 40.7. The molecule has 0 saturated heterocycles. The second kappa shape index (κ2) is 13.6. The number of hydrogen-bond donors (Lipinski definition) is 0. The summed E-state index contributed by atoms with van der Waals surface area (Å²) in [5.41, 5.74) is 15.2. The van der Waals surface area contributed by atoms with Crippen LogP contribution in [-0.4, -0.2) is 0 Å². The molecule has 0 amide bonds. The molecular formula is C58H35NO3. The van der Waals surface area contributed by atoms with Crippen LogP contribution in [-0.2, 0) is 0 Å². The Labute approximate surface area is 356 Å². The van der Waals surface area contributed by atoms with Crippen LogP contribution in [0, 0.1) is 0 Å². The SMILES string of the molecule is c1ccc(N(c2ccc(-c3ccc4oc5ccccc5c4c3)cc2)c2ccc(-c3cccc4c3oc3ccccc34)cc2)c(-c2ccc3oc4cc5ccccc5cc4c3c2)c1. The van der Waals surface area contributed by atoms with Crippen LogP contribution in [0.4, 0.5) is 17.1 Å². The molecule has 4 nitrogen and oxygen atoms in total. The van der Waals surface area contributed by atoms with E-state index in [0.717, 1.165) is 116 Å². The summed E-state index contributed by atoms with van der Waals surface area (Å²) in [7, 11) is 0. The van der Waals surface area contributed by atoms with Gasteiger partial charge in [0.05, 0.1) is 5.69 Å². The first kappa shape index (κ1) is 34.5. The Hall–Kier alpha value is -8.34. The summed E-state index contributed by atoms with van der Waals surface area (Å²) in [5, 5.41) is 9.06. The summed E-state index contributed by atoms with van der Waals surface area (Å²) in [4.78, 5) is 2.36. The largest absolute Gasteiger partial charge is 0.456 e. The van der Waals surface area contributed by atoms with Crippen LogP contribution in [0.3, 0.4) is 0 Å². The highest BCUT2D eigenvalue weighted by Crippen LogP contribution is 2.44. The highest BCUT2D eigenvalue weighted by molar-refractivity contribution is 6.12. The Balaban J connectivity index is 0.949. The predicted molar refractivity (Wildman–Crippen MR) is 257 cm³/mol. The van der Waals surface area contributed by atoms with Gasteiger partial charge in [-0.3, -0.25) is 0 Å². The van der Waals surface area contributed by atoms with E-state index in [1.807, 2.05) is 24.3 Å². The smallest absolute Gasteiger partial charge is 0.143 e. The van der Waals surface area contributed by atoms with Crippen LogP contribution < -0.4 is 4.90 Å². The second-order valence-electron chi connectivity index (χ2n) is 16.0. The summed E-state index contributed by atoms with van der Waals surface area (Å²) in [6, 6.07) is 75.2. The minimum Gasteiger partial charge on any atom is -0.456 e. The summed E-state index contributed by atoms with van der Waals surface area (Å²) < 4.78 is 19.0. The summed E-state index contributed by atoms with van der Waals surface area (Å²) >= 11 is 0. The van der Waals surface area contributed by atoms with Gasteiger partial charge in [0.25, 0.3) is 0 Å². The van der Waals surface area contributed by atoms with Gasteiger partial charge in [0.1, 0.15) is 33.5 Å². The molecule has 0 spiro atoms. The first-order chi connectivity index (χ1) is 30.7. The minimum atomic E-state index is 0.876. The molecule has 3 aromatic heterocycles. The van der Waals surface area contributed by atoms with Crippen molar-refractivity contribution in [1.29, 1.82) is 0 Å². The van der Waals surface area contributed by atoms with E-state index in [-0.39, 0.29) is 0 Å². The van der Waals surface area contributed by atoms with Gasteiger partial charge >= 0.3 is 0 Å². The molecule has 13 rings (SSSR count). The number of fused-ring (bicyclic) bond motifs is 10. The maximum Gasteiger partial charge on any atom is 0.143 e. The Bertz CT molecular complexity index is 3870. The lowest BCUT2D eigenvalue weighted by molar-refractivity contribution is 0.669. The molecule has 10 aromatic carbocycles. The molecule has 13 aromatic rings. The Kier molecular flexibility index (Phi) is 7.57. The number of benzene rings is 10. The van der Waals surface area contributed by atoms with Crippen LogP contribution >= 0.6 is 0 Å². The fraction of sp³-hybridized carbons (Fsp3) is 0. The van der Waals surface area contributed by atoms with E-state index in [1.54, 1.807) is 0 Å². The molecule has 62 heavy (non-hydrogen) atoms. The van der Waals surface area contributed by atoms with Gasteiger partial charge in [0.15, 0.2) is 0 Å². The number of para-hydroxylation sites is 4. The number of anilines is 3. The van der Waals surface area contributed by atoms with E-state index >= 15 is 0 Å². The van der Waals surface area contributed by atoms with Gasteiger partial charge in [-0.05, 0) is 112 Å². The van der Waals surface area contributed by atoms with E-state index in [1.165, 1.54) is 10.8 Å². The van der Waals surface area contributed by atoms with E-state index < -0.39 is 0 Å². The number of hydrogen-bond acceptors (Lipinski definition) is 4. The van der Waals surface area contributed by atoms with E-state index in [4.69, 9.17) is 13.3 Å². The van der Waals surface area contributed by atoms with Crippen LogP contribution in [0.25, 0.3) is 110 Å². The number of rotatable bonds is 6. The van der Waals surface area contributed by atoms with Gasteiger partial charge in [0.2, 0.25) is 0 Å². The van der Waals surface area contributed by atoms with Gasteiger partial charge < -0.3 is 18.2 Å². The lowest BCUT2D eigenvalue weighted by atomic mass is 9.98. The summed E-state index contributed by atoms with van der Waals surface area (Å²) in [6.45, 7) is 0. The topological polar surface area (TPSA) is 42.7 Å².